The molecule has 0 aliphatic carbocycles. The van der Waals surface area contributed by atoms with Gasteiger partial charge in [-0.05, 0) is 48.5 Å². The van der Waals surface area contributed by atoms with Gasteiger partial charge in [0.15, 0.2) is 0 Å². The molecule has 24 heavy (non-hydrogen) atoms. The molecule has 0 fully saturated rings. The van der Waals surface area contributed by atoms with Crippen LogP contribution in [0.15, 0.2) is 48.5 Å². The van der Waals surface area contributed by atoms with Crippen LogP contribution >= 0.6 is 0 Å². The summed E-state index contributed by atoms with van der Waals surface area (Å²) in [7, 11) is 0. The minimum absolute atomic E-state index is 0.0942. The minimum Gasteiger partial charge on any atom is -0.326 e. The Morgan fingerprint density at radius 2 is 1.75 bits per heavy atom. The molecule has 2 amide bonds. The van der Waals surface area contributed by atoms with Crippen molar-refractivity contribution in [3.63, 3.8) is 0 Å². The highest BCUT2D eigenvalue weighted by Gasteiger charge is 2.13. The van der Waals surface area contributed by atoms with E-state index in [1.165, 1.54) is 36.1 Å². The highest BCUT2D eigenvalue weighted by molar-refractivity contribution is 5.94. The molecule has 0 radical (unpaired) electrons. The van der Waals surface area contributed by atoms with E-state index in [-0.39, 0.29) is 30.6 Å². The number of anilines is 2. The van der Waals surface area contributed by atoms with Crippen LogP contribution in [0, 0.1) is 17.1 Å². The number of halogens is 1. The molecule has 0 aliphatic heterocycles. The number of nitrogens with one attached hydrogen (secondary N) is 1. The number of hydrogen-bond acceptors (Lipinski definition) is 3. The van der Waals surface area contributed by atoms with Gasteiger partial charge >= 0.3 is 0 Å². The van der Waals surface area contributed by atoms with Crippen LogP contribution in [0.3, 0.4) is 0 Å². The van der Waals surface area contributed by atoms with Crippen molar-refractivity contribution in [1.29, 1.82) is 5.26 Å². The molecule has 0 saturated heterocycles. The maximum absolute atomic E-state index is 12.8. The fourth-order valence-electron chi connectivity index (χ4n) is 2.15. The summed E-state index contributed by atoms with van der Waals surface area (Å²) in [5, 5.41) is 11.4. The van der Waals surface area contributed by atoms with Crippen LogP contribution in [0.4, 0.5) is 15.8 Å². The molecule has 2 aromatic rings. The van der Waals surface area contributed by atoms with Gasteiger partial charge in [-0.1, -0.05) is 0 Å². The van der Waals surface area contributed by atoms with Crippen LogP contribution < -0.4 is 10.2 Å². The zero-order chi connectivity index (χ0) is 17.5. The molecule has 6 heteroatoms. The third-order valence-corrected chi connectivity index (χ3v) is 3.38. The number of amides is 2. The Bertz CT molecular complexity index is 764. The third kappa shape index (κ3) is 4.65. The summed E-state index contributed by atoms with van der Waals surface area (Å²) >= 11 is 0. The lowest BCUT2D eigenvalue weighted by atomic mass is 10.2. The van der Waals surface area contributed by atoms with E-state index in [9.17, 15) is 14.0 Å². The van der Waals surface area contributed by atoms with Crippen LogP contribution in [-0.4, -0.2) is 18.4 Å². The molecule has 0 saturated carbocycles. The maximum atomic E-state index is 12.8. The number of nitriles is 1. The van der Waals surface area contributed by atoms with E-state index in [4.69, 9.17) is 5.26 Å². The zero-order valence-electron chi connectivity index (χ0n) is 13.1. The summed E-state index contributed by atoms with van der Waals surface area (Å²) in [6.45, 7) is 1.62. The predicted molar refractivity (Wildman–Crippen MR) is 88.8 cm³/mol. The lowest BCUT2D eigenvalue weighted by molar-refractivity contribution is -0.117. The molecule has 0 aromatic heterocycles. The minimum atomic E-state index is -0.378. The van der Waals surface area contributed by atoms with Crippen LogP contribution in [0.5, 0.6) is 0 Å². The zero-order valence-corrected chi connectivity index (χ0v) is 13.1. The molecular weight excluding hydrogens is 309 g/mol. The molecule has 0 heterocycles. The summed E-state index contributed by atoms with van der Waals surface area (Å²) in [5.74, 6) is -0.854. The molecule has 0 bridgehead atoms. The van der Waals surface area contributed by atoms with E-state index in [1.807, 2.05) is 6.07 Å². The fourth-order valence-corrected chi connectivity index (χ4v) is 2.15. The lowest BCUT2D eigenvalue weighted by Crippen LogP contribution is -2.31. The summed E-state index contributed by atoms with van der Waals surface area (Å²) in [4.78, 5) is 25.2. The predicted octanol–water partition coefficient (Wildman–Crippen LogP) is 3.08. The largest absolute Gasteiger partial charge is 0.326 e. The van der Waals surface area contributed by atoms with Crippen LogP contribution in [0.1, 0.15) is 18.9 Å². The molecule has 2 aromatic carbocycles. The van der Waals surface area contributed by atoms with Crippen LogP contribution in [-0.2, 0) is 9.59 Å². The number of carbonyl (C=O) groups excluding carboxylic acids is 2. The molecular formula is C18H16FN3O2. The van der Waals surface area contributed by atoms with Gasteiger partial charge in [0.05, 0.1) is 11.6 Å². The molecule has 0 aliphatic rings. The van der Waals surface area contributed by atoms with Gasteiger partial charge in [0, 0.05) is 31.3 Å². The van der Waals surface area contributed by atoms with Gasteiger partial charge in [0.2, 0.25) is 11.8 Å². The molecule has 0 spiro atoms. The molecule has 1 N–H and O–H groups in total. The summed E-state index contributed by atoms with van der Waals surface area (Å²) < 4.78 is 12.8. The number of benzene rings is 2. The Morgan fingerprint density at radius 3 is 2.29 bits per heavy atom. The van der Waals surface area contributed by atoms with Crippen LogP contribution in [0.25, 0.3) is 0 Å². The van der Waals surface area contributed by atoms with Crippen molar-refractivity contribution >= 4 is 23.2 Å². The first kappa shape index (κ1) is 17.2. The second-order valence-electron chi connectivity index (χ2n) is 5.13. The standard InChI is InChI=1S/C18H16FN3O2/c1-13(23)22(17-8-2-14(12-20)3-9-17)11-10-18(24)21-16-6-4-15(19)5-7-16/h2-9H,10-11H2,1H3,(H,21,24). The quantitative estimate of drug-likeness (QED) is 0.918. The van der Waals surface area contributed by atoms with Gasteiger partial charge in [0.1, 0.15) is 5.82 Å². The highest BCUT2D eigenvalue weighted by Crippen LogP contribution is 2.16. The number of rotatable bonds is 5. The van der Waals surface area contributed by atoms with Gasteiger partial charge in [-0.25, -0.2) is 4.39 Å². The average molecular weight is 325 g/mol. The van der Waals surface area contributed by atoms with E-state index in [1.54, 1.807) is 24.3 Å². The Kier molecular flexibility index (Phi) is 5.63. The van der Waals surface area contributed by atoms with Gasteiger partial charge < -0.3 is 10.2 Å². The summed E-state index contributed by atoms with van der Waals surface area (Å²) in [6.07, 6.45) is 0.0942. The Balaban J connectivity index is 1.98. The first-order valence-electron chi connectivity index (χ1n) is 7.33. The van der Waals surface area contributed by atoms with Crippen LogP contribution in [0.2, 0.25) is 0 Å². The van der Waals surface area contributed by atoms with Crippen molar-refractivity contribution in [3.05, 3.63) is 59.9 Å². The average Bonchev–Trinajstić information content (AvgIpc) is 2.57. The van der Waals surface area contributed by atoms with Crippen molar-refractivity contribution in [2.24, 2.45) is 0 Å². The molecule has 0 unspecified atom stereocenters. The first-order chi connectivity index (χ1) is 11.5. The SMILES string of the molecule is CC(=O)N(CCC(=O)Nc1ccc(F)cc1)c1ccc(C#N)cc1. The van der Waals surface area contributed by atoms with E-state index >= 15 is 0 Å². The summed E-state index contributed by atoms with van der Waals surface area (Å²) in [5.41, 5.74) is 1.61. The second kappa shape index (κ2) is 7.88. The van der Waals surface area contributed by atoms with Crippen molar-refractivity contribution in [1.82, 2.24) is 0 Å². The Labute approximate surface area is 139 Å². The lowest BCUT2D eigenvalue weighted by Gasteiger charge is -2.21. The number of carbonyl (C=O) groups is 2. The van der Waals surface area contributed by atoms with E-state index in [0.29, 0.717) is 16.9 Å². The molecule has 122 valence electrons. The van der Waals surface area contributed by atoms with Gasteiger partial charge in [0.25, 0.3) is 0 Å². The smallest absolute Gasteiger partial charge is 0.226 e. The highest BCUT2D eigenvalue weighted by atomic mass is 19.1. The topological polar surface area (TPSA) is 73.2 Å². The van der Waals surface area contributed by atoms with Gasteiger partial charge in [-0.15, -0.1) is 0 Å². The molecule has 2 rings (SSSR count). The fraction of sp³-hybridized carbons (Fsp3) is 0.167. The monoisotopic (exact) mass is 325 g/mol. The van der Waals surface area contributed by atoms with Crippen molar-refractivity contribution < 1.29 is 14.0 Å². The van der Waals surface area contributed by atoms with E-state index in [0.717, 1.165) is 0 Å². The van der Waals surface area contributed by atoms with Gasteiger partial charge in [-0.2, -0.15) is 5.26 Å². The molecule has 5 nitrogen and oxygen atoms in total. The number of nitrogens with zero attached hydrogens (tertiary/aromatic N) is 2. The third-order valence-electron chi connectivity index (χ3n) is 3.38. The Morgan fingerprint density at radius 1 is 1.12 bits per heavy atom. The van der Waals surface area contributed by atoms with Crippen molar-refractivity contribution in [2.75, 3.05) is 16.8 Å². The van der Waals surface area contributed by atoms with Gasteiger partial charge in [-0.3, -0.25) is 9.59 Å². The first-order valence-corrected chi connectivity index (χ1v) is 7.33. The normalized spacial score (nSPS) is 9.88. The van der Waals surface area contributed by atoms with E-state index < -0.39 is 0 Å². The number of hydrogen-bond donors (Lipinski definition) is 1. The second-order valence-corrected chi connectivity index (χ2v) is 5.13. The summed E-state index contributed by atoms with van der Waals surface area (Å²) in [6, 6.07) is 14.0. The van der Waals surface area contributed by atoms with Crippen molar-refractivity contribution in [2.45, 2.75) is 13.3 Å². The maximum Gasteiger partial charge on any atom is 0.226 e. The molecule has 0 atom stereocenters. The Hall–Kier alpha value is -3.20. The van der Waals surface area contributed by atoms with Crippen molar-refractivity contribution in [3.8, 4) is 6.07 Å². The van der Waals surface area contributed by atoms with E-state index in [2.05, 4.69) is 5.32 Å².